The van der Waals surface area contributed by atoms with Crippen molar-refractivity contribution in [3.05, 3.63) is 65.0 Å². The summed E-state index contributed by atoms with van der Waals surface area (Å²) >= 11 is 0. The minimum Gasteiger partial charge on any atom is -0.406 e. The molecule has 12 heteroatoms. The van der Waals surface area contributed by atoms with E-state index < -0.39 is 34.0 Å². The summed E-state index contributed by atoms with van der Waals surface area (Å²) < 4.78 is 68.3. The Bertz CT molecular complexity index is 1370. The average Bonchev–Trinajstić information content (AvgIpc) is 2.79. The van der Waals surface area contributed by atoms with Gasteiger partial charge in [-0.15, -0.1) is 13.2 Å². The zero-order chi connectivity index (χ0) is 24.5. The Kier molecular flexibility index (Phi) is 6.36. The lowest BCUT2D eigenvalue weighted by atomic mass is 9.99. The van der Waals surface area contributed by atoms with Gasteiger partial charge in [0.05, 0.1) is 10.8 Å². The number of carbonyl (C=O) groups is 1. The molecule has 1 aromatic heterocycles. The number of alkyl halides is 3. The molecule has 2 aromatic carbocycles. The number of halogens is 3. The fraction of sp³-hybridized carbons (Fsp3) is 0.273. The molecule has 0 aliphatic carbocycles. The summed E-state index contributed by atoms with van der Waals surface area (Å²) in [5.41, 5.74) is 0.479. The number of benzene rings is 2. The first kappa shape index (κ1) is 23.8. The Morgan fingerprint density at radius 3 is 2.53 bits per heavy atom. The van der Waals surface area contributed by atoms with Gasteiger partial charge in [0.2, 0.25) is 21.5 Å². The first-order valence-electron chi connectivity index (χ1n) is 10.3. The molecule has 2 N–H and O–H groups in total. The average molecular weight is 495 g/mol. The highest BCUT2D eigenvalue weighted by Crippen LogP contribution is 2.27. The summed E-state index contributed by atoms with van der Waals surface area (Å²) in [6, 6.07) is 11.9. The number of carbonyl (C=O) groups excluding carboxylic acids is 1. The Morgan fingerprint density at radius 2 is 1.82 bits per heavy atom. The number of nitrogens with zero attached hydrogens (tertiary/aromatic N) is 1. The van der Waals surface area contributed by atoms with Gasteiger partial charge in [0.1, 0.15) is 5.75 Å². The molecule has 1 atom stereocenters. The molecule has 1 saturated heterocycles. The second-order valence-corrected chi connectivity index (χ2v) is 9.77. The molecule has 2 heterocycles. The molecule has 1 amide bonds. The van der Waals surface area contributed by atoms with E-state index in [1.807, 2.05) is 0 Å². The third-order valence-electron chi connectivity index (χ3n) is 5.44. The van der Waals surface area contributed by atoms with Crippen molar-refractivity contribution < 1.29 is 31.1 Å². The van der Waals surface area contributed by atoms with Crippen molar-refractivity contribution in [3.8, 4) is 5.75 Å². The maximum absolute atomic E-state index is 13.2. The molecule has 0 unspecified atom stereocenters. The van der Waals surface area contributed by atoms with Crippen LogP contribution in [0.3, 0.4) is 0 Å². The van der Waals surface area contributed by atoms with Crippen LogP contribution in [0.5, 0.6) is 5.75 Å². The number of sulfonamides is 1. The Balaban J connectivity index is 1.45. The molecular weight excluding hydrogens is 475 g/mol. The van der Waals surface area contributed by atoms with E-state index in [9.17, 15) is 31.2 Å². The standard InChI is InChI=1S/C22H20F3N3O5S/c23-22(24,25)33-17-6-4-16(5-7-17)26-21(30)15-2-1-11-28(13-15)34(31,32)18-8-9-19-14(12-18)3-10-20(29)27-19/h3-10,12,15H,1-2,11,13H2,(H,26,30)(H,27,29)/t15-/m1/s1. The van der Waals surface area contributed by atoms with Crippen LogP contribution in [-0.2, 0) is 14.8 Å². The van der Waals surface area contributed by atoms with E-state index in [2.05, 4.69) is 15.0 Å². The van der Waals surface area contributed by atoms with E-state index >= 15 is 0 Å². The number of rotatable bonds is 5. The summed E-state index contributed by atoms with van der Waals surface area (Å²) in [5, 5.41) is 3.17. The van der Waals surface area contributed by atoms with Gasteiger partial charge < -0.3 is 15.0 Å². The van der Waals surface area contributed by atoms with Crippen LogP contribution in [0.1, 0.15) is 12.8 Å². The van der Waals surface area contributed by atoms with Crippen LogP contribution in [0.4, 0.5) is 18.9 Å². The molecule has 0 bridgehead atoms. The Labute approximate surface area is 192 Å². The molecule has 34 heavy (non-hydrogen) atoms. The van der Waals surface area contributed by atoms with Crippen molar-refractivity contribution in [1.29, 1.82) is 0 Å². The number of aromatic amines is 1. The summed E-state index contributed by atoms with van der Waals surface area (Å²) in [6.07, 6.45) is -3.88. The van der Waals surface area contributed by atoms with Crippen molar-refractivity contribution in [2.45, 2.75) is 24.1 Å². The van der Waals surface area contributed by atoms with Crippen LogP contribution in [0.25, 0.3) is 10.9 Å². The van der Waals surface area contributed by atoms with E-state index in [1.54, 1.807) is 0 Å². The second kappa shape index (κ2) is 9.11. The number of piperidine rings is 1. The van der Waals surface area contributed by atoms with Crippen LogP contribution >= 0.6 is 0 Å². The molecule has 4 rings (SSSR count). The number of pyridine rings is 1. The number of hydrogen-bond acceptors (Lipinski definition) is 5. The molecule has 8 nitrogen and oxygen atoms in total. The van der Waals surface area contributed by atoms with E-state index in [0.717, 1.165) is 12.1 Å². The van der Waals surface area contributed by atoms with E-state index in [-0.39, 0.29) is 29.2 Å². The van der Waals surface area contributed by atoms with Gasteiger partial charge >= 0.3 is 6.36 Å². The number of ether oxygens (including phenoxy) is 1. The Morgan fingerprint density at radius 1 is 1.09 bits per heavy atom. The van der Waals surface area contributed by atoms with Crippen LogP contribution in [0.15, 0.2) is 64.3 Å². The van der Waals surface area contributed by atoms with Gasteiger partial charge in [-0.2, -0.15) is 4.31 Å². The van der Waals surface area contributed by atoms with Crippen molar-refractivity contribution in [2.75, 3.05) is 18.4 Å². The normalized spacial score (nSPS) is 17.4. The molecule has 1 fully saturated rings. The number of aromatic nitrogens is 1. The van der Waals surface area contributed by atoms with Crippen LogP contribution in [-0.4, -0.2) is 43.1 Å². The van der Waals surface area contributed by atoms with Gasteiger partial charge in [0.15, 0.2) is 0 Å². The van der Waals surface area contributed by atoms with Gasteiger partial charge in [-0.1, -0.05) is 0 Å². The molecule has 180 valence electrons. The number of hydrogen-bond donors (Lipinski definition) is 2. The summed E-state index contributed by atoms with van der Waals surface area (Å²) in [7, 11) is -3.89. The van der Waals surface area contributed by atoms with Crippen molar-refractivity contribution in [2.24, 2.45) is 5.92 Å². The fourth-order valence-corrected chi connectivity index (χ4v) is 5.36. The van der Waals surface area contributed by atoms with Gasteiger partial charge in [-0.25, -0.2) is 8.42 Å². The molecule has 0 spiro atoms. The highest BCUT2D eigenvalue weighted by atomic mass is 32.2. The monoisotopic (exact) mass is 495 g/mol. The number of amides is 1. The van der Waals surface area contributed by atoms with Crippen molar-refractivity contribution in [1.82, 2.24) is 9.29 Å². The lowest BCUT2D eigenvalue weighted by Gasteiger charge is -2.31. The lowest BCUT2D eigenvalue weighted by Crippen LogP contribution is -2.43. The third-order valence-corrected chi connectivity index (χ3v) is 7.30. The summed E-state index contributed by atoms with van der Waals surface area (Å²) in [5.74, 6) is -1.48. The van der Waals surface area contributed by atoms with Crippen LogP contribution in [0.2, 0.25) is 0 Å². The fourth-order valence-electron chi connectivity index (χ4n) is 3.80. The molecule has 0 radical (unpaired) electrons. The molecular formula is C22H20F3N3O5S. The summed E-state index contributed by atoms with van der Waals surface area (Å²) in [4.78, 5) is 26.8. The minimum absolute atomic E-state index is 0.0346. The van der Waals surface area contributed by atoms with Crippen molar-refractivity contribution >= 4 is 32.5 Å². The topological polar surface area (TPSA) is 109 Å². The molecule has 0 saturated carbocycles. The van der Waals surface area contributed by atoms with Gasteiger partial charge in [-0.05, 0) is 66.8 Å². The van der Waals surface area contributed by atoms with Crippen LogP contribution < -0.4 is 15.6 Å². The number of nitrogens with one attached hydrogen (secondary N) is 2. The van der Waals surface area contributed by atoms with Crippen LogP contribution in [0, 0.1) is 5.92 Å². The predicted octanol–water partition coefficient (Wildman–Crippen LogP) is 3.47. The molecule has 1 aliphatic heterocycles. The quantitative estimate of drug-likeness (QED) is 0.564. The molecule has 1 aliphatic rings. The zero-order valence-electron chi connectivity index (χ0n) is 17.6. The SMILES string of the molecule is O=C(Nc1ccc(OC(F)(F)F)cc1)[C@@H]1CCCN(S(=O)(=O)c2ccc3[nH]c(=O)ccc3c2)C1. The first-order chi connectivity index (χ1) is 16.0. The number of fused-ring (bicyclic) bond motifs is 1. The largest absolute Gasteiger partial charge is 0.573 e. The van der Waals surface area contributed by atoms with Gasteiger partial charge in [-0.3, -0.25) is 9.59 Å². The van der Waals surface area contributed by atoms with E-state index in [0.29, 0.717) is 23.7 Å². The van der Waals surface area contributed by atoms with Crippen molar-refractivity contribution in [3.63, 3.8) is 0 Å². The Hall–Kier alpha value is -3.38. The first-order valence-corrected chi connectivity index (χ1v) is 11.8. The predicted molar refractivity (Wildman–Crippen MR) is 118 cm³/mol. The maximum Gasteiger partial charge on any atom is 0.573 e. The highest BCUT2D eigenvalue weighted by Gasteiger charge is 2.34. The summed E-state index contributed by atoms with van der Waals surface area (Å²) in [6.45, 7) is 0.215. The third kappa shape index (κ3) is 5.39. The van der Waals surface area contributed by atoms with Gasteiger partial charge in [0, 0.05) is 30.4 Å². The highest BCUT2D eigenvalue weighted by molar-refractivity contribution is 7.89. The number of anilines is 1. The maximum atomic E-state index is 13.2. The molecule has 3 aromatic rings. The lowest BCUT2D eigenvalue weighted by molar-refractivity contribution is -0.274. The smallest absolute Gasteiger partial charge is 0.406 e. The van der Waals surface area contributed by atoms with Gasteiger partial charge in [0.25, 0.3) is 0 Å². The second-order valence-electron chi connectivity index (χ2n) is 7.84. The number of H-pyrrole nitrogens is 1. The minimum atomic E-state index is -4.82. The van der Waals surface area contributed by atoms with E-state index in [1.165, 1.54) is 46.8 Å². The zero-order valence-corrected chi connectivity index (χ0v) is 18.4. The van der Waals surface area contributed by atoms with E-state index in [4.69, 9.17) is 0 Å².